The molecule has 0 bridgehead atoms. The van der Waals surface area contributed by atoms with E-state index in [4.69, 9.17) is 15.9 Å². The molecular formula is C17H14O3. The van der Waals surface area contributed by atoms with Crippen LogP contribution in [-0.4, -0.2) is 19.3 Å². The fourth-order valence-corrected chi connectivity index (χ4v) is 2.67. The minimum absolute atomic E-state index is 0.664. The lowest BCUT2D eigenvalue weighted by Gasteiger charge is -2.19. The highest BCUT2D eigenvalue weighted by Crippen LogP contribution is 2.49. The Morgan fingerprint density at radius 2 is 1.40 bits per heavy atom. The van der Waals surface area contributed by atoms with E-state index in [2.05, 4.69) is 5.92 Å². The molecule has 1 aliphatic carbocycles. The predicted octanol–water partition coefficient (Wildman–Crippen LogP) is 2.55. The van der Waals surface area contributed by atoms with Crippen molar-refractivity contribution in [3.05, 3.63) is 47.5 Å². The van der Waals surface area contributed by atoms with Crippen molar-refractivity contribution in [3.63, 3.8) is 0 Å². The molecule has 2 aromatic carbocycles. The standard InChI is InChI=1S/C17H14O3/c1-4-17(18)15-9-11(19-2)5-7-13(15)14-8-6-12(20-3)10-16(14)17/h1,5-10,18H,2-3H3. The Balaban J connectivity index is 2.31. The molecule has 1 N–H and O–H groups in total. The second kappa shape index (κ2) is 4.29. The smallest absolute Gasteiger partial charge is 0.178 e. The van der Waals surface area contributed by atoms with Crippen LogP contribution in [0.5, 0.6) is 11.5 Å². The molecule has 0 atom stereocenters. The quantitative estimate of drug-likeness (QED) is 0.849. The van der Waals surface area contributed by atoms with E-state index < -0.39 is 5.60 Å². The van der Waals surface area contributed by atoms with Gasteiger partial charge in [0.15, 0.2) is 5.60 Å². The summed E-state index contributed by atoms with van der Waals surface area (Å²) in [5.41, 5.74) is 1.73. The van der Waals surface area contributed by atoms with Crippen LogP contribution in [0.15, 0.2) is 36.4 Å². The Bertz CT molecular complexity index is 672. The first kappa shape index (κ1) is 12.6. The topological polar surface area (TPSA) is 38.7 Å². The van der Waals surface area contributed by atoms with Gasteiger partial charge in [0.2, 0.25) is 0 Å². The first-order chi connectivity index (χ1) is 9.63. The van der Waals surface area contributed by atoms with Gasteiger partial charge in [0.05, 0.1) is 14.2 Å². The summed E-state index contributed by atoms with van der Waals surface area (Å²) in [5.74, 6) is 3.83. The largest absolute Gasteiger partial charge is 0.497 e. The van der Waals surface area contributed by atoms with E-state index in [9.17, 15) is 5.11 Å². The second-order valence-electron chi connectivity index (χ2n) is 4.68. The van der Waals surface area contributed by atoms with Gasteiger partial charge in [-0.1, -0.05) is 18.1 Å². The highest BCUT2D eigenvalue weighted by molar-refractivity contribution is 5.83. The maximum absolute atomic E-state index is 10.9. The summed E-state index contributed by atoms with van der Waals surface area (Å²) in [6.45, 7) is 0. The molecule has 2 aromatic rings. The summed E-state index contributed by atoms with van der Waals surface area (Å²) >= 11 is 0. The number of benzene rings is 2. The van der Waals surface area contributed by atoms with Crippen LogP contribution in [-0.2, 0) is 5.60 Å². The number of ether oxygens (including phenoxy) is 2. The second-order valence-corrected chi connectivity index (χ2v) is 4.68. The van der Waals surface area contributed by atoms with E-state index in [-0.39, 0.29) is 0 Å². The maximum atomic E-state index is 10.9. The van der Waals surface area contributed by atoms with Crippen LogP contribution < -0.4 is 9.47 Å². The maximum Gasteiger partial charge on any atom is 0.178 e. The minimum Gasteiger partial charge on any atom is -0.497 e. The summed E-state index contributed by atoms with van der Waals surface area (Å²) in [4.78, 5) is 0. The summed E-state index contributed by atoms with van der Waals surface area (Å²) < 4.78 is 10.4. The van der Waals surface area contributed by atoms with Gasteiger partial charge in [-0.25, -0.2) is 0 Å². The Kier molecular flexibility index (Phi) is 2.70. The zero-order valence-electron chi connectivity index (χ0n) is 11.3. The van der Waals surface area contributed by atoms with Gasteiger partial charge in [-0.3, -0.25) is 0 Å². The highest BCUT2D eigenvalue weighted by Gasteiger charge is 2.40. The van der Waals surface area contributed by atoms with E-state index in [1.165, 1.54) is 0 Å². The van der Waals surface area contributed by atoms with Crippen molar-refractivity contribution in [1.82, 2.24) is 0 Å². The summed E-state index contributed by atoms with van der Waals surface area (Å²) in [7, 11) is 3.17. The molecule has 0 unspecified atom stereocenters. The van der Waals surface area contributed by atoms with Crippen LogP contribution in [0.2, 0.25) is 0 Å². The van der Waals surface area contributed by atoms with E-state index in [1.807, 2.05) is 24.3 Å². The number of aliphatic hydroxyl groups is 1. The molecule has 3 nitrogen and oxygen atoms in total. The third-order valence-electron chi connectivity index (χ3n) is 3.73. The molecule has 0 fully saturated rings. The van der Waals surface area contributed by atoms with Crippen LogP contribution in [0.1, 0.15) is 11.1 Å². The van der Waals surface area contributed by atoms with Gasteiger partial charge in [0.25, 0.3) is 0 Å². The molecule has 0 amide bonds. The van der Waals surface area contributed by atoms with Crippen molar-refractivity contribution in [3.8, 4) is 35.0 Å². The van der Waals surface area contributed by atoms with Crippen LogP contribution in [0.3, 0.4) is 0 Å². The number of methoxy groups -OCH3 is 2. The average molecular weight is 266 g/mol. The molecule has 3 rings (SSSR count). The first-order valence-corrected chi connectivity index (χ1v) is 6.21. The van der Waals surface area contributed by atoms with E-state index in [0.717, 1.165) is 11.1 Å². The molecule has 100 valence electrons. The molecule has 0 radical (unpaired) electrons. The van der Waals surface area contributed by atoms with Crippen LogP contribution in [0.25, 0.3) is 11.1 Å². The summed E-state index contributed by atoms with van der Waals surface area (Å²) in [5, 5.41) is 10.9. The SMILES string of the molecule is C#CC1(O)c2cc(OC)ccc2-c2ccc(OC)cc21. The fourth-order valence-electron chi connectivity index (χ4n) is 2.67. The molecular weight excluding hydrogens is 252 g/mol. The number of terminal acetylenes is 1. The third kappa shape index (κ3) is 1.52. The lowest BCUT2D eigenvalue weighted by atomic mass is 9.92. The van der Waals surface area contributed by atoms with E-state index >= 15 is 0 Å². The Labute approximate surface area is 117 Å². The number of hydrogen-bond acceptors (Lipinski definition) is 3. The van der Waals surface area contributed by atoms with Crippen molar-refractivity contribution in [2.24, 2.45) is 0 Å². The lowest BCUT2D eigenvalue weighted by molar-refractivity contribution is 0.150. The Morgan fingerprint density at radius 1 is 0.950 bits per heavy atom. The lowest BCUT2D eigenvalue weighted by Crippen LogP contribution is -2.21. The van der Waals surface area contributed by atoms with Gasteiger partial charge in [0, 0.05) is 11.1 Å². The highest BCUT2D eigenvalue weighted by atomic mass is 16.5. The number of fused-ring (bicyclic) bond motifs is 3. The van der Waals surface area contributed by atoms with Crippen LogP contribution in [0, 0.1) is 12.3 Å². The van der Waals surface area contributed by atoms with Crippen LogP contribution in [0.4, 0.5) is 0 Å². The molecule has 0 heterocycles. The number of rotatable bonds is 2. The monoisotopic (exact) mass is 266 g/mol. The number of hydrogen-bond donors (Lipinski definition) is 1. The zero-order chi connectivity index (χ0) is 14.3. The van der Waals surface area contributed by atoms with Crippen molar-refractivity contribution >= 4 is 0 Å². The van der Waals surface area contributed by atoms with Crippen molar-refractivity contribution in [2.75, 3.05) is 14.2 Å². The normalized spacial score (nSPS) is 14.1. The van der Waals surface area contributed by atoms with Gasteiger partial charge in [-0.15, -0.1) is 6.42 Å². The molecule has 0 spiro atoms. The van der Waals surface area contributed by atoms with Gasteiger partial charge in [-0.05, 0) is 35.4 Å². The minimum atomic E-state index is -1.45. The first-order valence-electron chi connectivity index (χ1n) is 6.21. The van der Waals surface area contributed by atoms with Gasteiger partial charge >= 0.3 is 0 Å². The van der Waals surface area contributed by atoms with Gasteiger partial charge in [0.1, 0.15) is 11.5 Å². The Hall–Kier alpha value is -2.44. The van der Waals surface area contributed by atoms with E-state index in [0.29, 0.717) is 22.6 Å². The molecule has 0 aliphatic heterocycles. The Morgan fingerprint density at radius 3 is 1.75 bits per heavy atom. The van der Waals surface area contributed by atoms with E-state index in [1.54, 1.807) is 26.4 Å². The zero-order valence-corrected chi connectivity index (χ0v) is 11.3. The summed E-state index contributed by atoms with van der Waals surface area (Å²) in [6.07, 6.45) is 5.60. The molecule has 0 saturated heterocycles. The summed E-state index contributed by atoms with van der Waals surface area (Å²) in [6, 6.07) is 11.1. The van der Waals surface area contributed by atoms with Crippen molar-refractivity contribution in [1.29, 1.82) is 0 Å². The molecule has 20 heavy (non-hydrogen) atoms. The third-order valence-corrected chi connectivity index (χ3v) is 3.73. The molecule has 1 aliphatic rings. The molecule has 3 heteroatoms. The fraction of sp³-hybridized carbons (Fsp3) is 0.176. The molecule has 0 saturated carbocycles. The predicted molar refractivity (Wildman–Crippen MR) is 76.8 cm³/mol. The average Bonchev–Trinajstić information content (AvgIpc) is 2.76. The van der Waals surface area contributed by atoms with Crippen molar-refractivity contribution in [2.45, 2.75) is 5.60 Å². The molecule has 0 aromatic heterocycles. The van der Waals surface area contributed by atoms with Gasteiger partial charge in [-0.2, -0.15) is 0 Å². The van der Waals surface area contributed by atoms with Crippen molar-refractivity contribution < 1.29 is 14.6 Å². The van der Waals surface area contributed by atoms with Gasteiger partial charge < -0.3 is 14.6 Å². The van der Waals surface area contributed by atoms with Crippen LogP contribution >= 0.6 is 0 Å².